The predicted molar refractivity (Wildman–Crippen MR) is 128 cm³/mol. The van der Waals surface area contributed by atoms with Gasteiger partial charge in [0.1, 0.15) is 11.9 Å². The van der Waals surface area contributed by atoms with E-state index in [0.29, 0.717) is 24.0 Å². The normalized spacial score (nSPS) is 20.0. The first-order valence-electron chi connectivity index (χ1n) is 10.6. The zero-order valence-corrected chi connectivity index (χ0v) is 19.2. The van der Waals surface area contributed by atoms with Crippen molar-refractivity contribution in [3.8, 4) is 5.75 Å². The number of hydrogen-bond donors (Lipinski definition) is 3. The number of nitrogens with zero attached hydrogens (tertiary/aromatic N) is 2. The second-order valence-corrected chi connectivity index (χ2v) is 8.63. The summed E-state index contributed by atoms with van der Waals surface area (Å²) in [6, 6.07) is 13.2. The third kappa shape index (κ3) is 4.64. The number of nitrogens with one attached hydrogen (secondary N) is 3. The molecule has 2 atom stereocenters. The van der Waals surface area contributed by atoms with Gasteiger partial charge in [0.2, 0.25) is 11.8 Å². The van der Waals surface area contributed by atoms with Crippen molar-refractivity contribution in [1.82, 2.24) is 10.9 Å². The Hall–Kier alpha value is -2.88. The van der Waals surface area contributed by atoms with Crippen LogP contribution in [0, 0.1) is 19.8 Å². The van der Waals surface area contributed by atoms with Crippen molar-refractivity contribution in [3.05, 3.63) is 53.6 Å². The number of carbonyl (C=O) groups is 2. The first kappa shape index (κ1) is 22.3. The second-order valence-electron chi connectivity index (χ2n) is 7.69. The summed E-state index contributed by atoms with van der Waals surface area (Å²) in [7, 11) is 0. The topological polar surface area (TPSA) is 95.1 Å². The Labute approximate surface area is 191 Å². The molecule has 2 aromatic rings. The molecule has 2 aliphatic rings. The van der Waals surface area contributed by atoms with Gasteiger partial charge in [-0.25, -0.2) is 10.4 Å². The van der Waals surface area contributed by atoms with Crippen molar-refractivity contribution in [3.63, 3.8) is 0 Å². The minimum atomic E-state index is -0.342. The Kier molecular flexibility index (Phi) is 6.78. The number of thioether (sulfide) groups is 1. The lowest BCUT2D eigenvalue weighted by atomic mass is 10.0. The average Bonchev–Trinajstić information content (AvgIpc) is 3.25. The van der Waals surface area contributed by atoms with Gasteiger partial charge in [0.05, 0.1) is 24.0 Å². The number of fused-ring (bicyclic) bond motifs is 1. The molecule has 168 valence electrons. The van der Waals surface area contributed by atoms with Gasteiger partial charge in [-0.05, 0) is 56.2 Å². The molecule has 0 aliphatic carbocycles. The number of hydrogen-bond acceptors (Lipinski definition) is 7. The highest BCUT2D eigenvalue weighted by Gasteiger charge is 2.42. The lowest BCUT2D eigenvalue weighted by Gasteiger charge is -2.32. The zero-order chi connectivity index (χ0) is 22.7. The molecule has 4 rings (SSSR count). The fourth-order valence-electron chi connectivity index (χ4n) is 3.78. The molecule has 0 spiro atoms. The molecular formula is C23H27N5O3S. The summed E-state index contributed by atoms with van der Waals surface area (Å²) in [5.74, 6) is 0.382. The number of rotatable bonds is 6. The van der Waals surface area contributed by atoms with E-state index in [4.69, 9.17) is 9.73 Å². The van der Waals surface area contributed by atoms with Gasteiger partial charge in [-0.1, -0.05) is 30.0 Å². The van der Waals surface area contributed by atoms with Gasteiger partial charge in [-0.3, -0.25) is 19.9 Å². The first-order valence-corrected chi connectivity index (χ1v) is 11.6. The number of hydrazine groups is 1. The van der Waals surface area contributed by atoms with Crippen LogP contribution in [0.4, 0.5) is 11.4 Å². The van der Waals surface area contributed by atoms with Crippen molar-refractivity contribution < 1.29 is 14.3 Å². The largest absolute Gasteiger partial charge is 0.494 e. The van der Waals surface area contributed by atoms with Crippen LogP contribution in [0.15, 0.2) is 47.5 Å². The second kappa shape index (κ2) is 9.72. The van der Waals surface area contributed by atoms with E-state index < -0.39 is 0 Å². The highest BCUT2D eigenvalue weighted by Crippen LogP contribution is 2.30. The van der Waals surface area contributed by atoms with Gasteiger partial charge in [0.15, 0.2) is 5.17 Å². The van der Waals surface area contributed by atoms with E-state index in [1.807, 2.05) is 63.2 Å². The summed E-state index contributed by atoms with van der Waals surface area (Å²) in [5, 5.41) is 3.48. The lowest BCUT2D eigenvalue weighted by Crippen LogP contribution is -2.49. The molecule has 0 aromatic heterocycles. The number of para-hydroxylation sites is 1. The molecule has 1 fully saturated rings. The molecule has 0 saturated carbocycles. The Morgan fingerprint density at radius 2 is 1.94 bits per heavy atom. The minimum absolute atomic E-state index is 0.0516. The van der Waals surface area contributed by atoms with Gasteiger partial charge in [0, 0.05) is 12.2 Å². The van der Waals surface area contributed by atoms with Crippen LogP contribution in [0.3, 0.4) is 0 Å². The van der Waals surface area contributed by atoms with E-state index in [9.17, 15) is 9.59 Å². The van der Waals surface area contributed by atoms with Gasteiger partial charge in [0.25, 0.3) is 0 Å². The maximum absolute atomic E-state index is 13.3. The van der Waals surface area contributed by atoms with Crippen LogP contribution < -0.4 is 25.8 Å². The van der Waals surface area contributed by atoms with Crippen LogP contribution in [0.1, 0.15) is 18.1 Å². The van der Waals surface area contributed by atoms with E-state index >= 15 is 0 Å². The number of aliphatic imine (C=N–C) groups is 1. The van der Waals surface area contributed by atoms with Crippen molar-refractivity contribution in [2.45, 2.75) is 26.9 Å². The predicted octanol–water partition coefficient (Wildman–Crippen LogP) is 2.83. The fourth-order valence-corrected chi connectivity index (χ4v) is 4.63. The molecule has 3 N–H and O–H groups in total. The van der Waals surface area contributed by atoms with Crippen LogP contribution in [-0.4, -0.2) is 42.1 Å². The Morgan fingerprint density at radius 3 is 2.62 bits per heavy atom. The molecule has 32 heavy (non-hydrogen) atoms. The molecule has 9 heteroatoms. The minimum Gasteiger partial charge on any atom is -0.494 e. The lowest BCUT2D eigenvalue weighted by molar-refractivity contribution is -0.121. The number of ether oxygens (including phenoxy) is 1. The molecule has 2 unspecified atom stereocenters. The molecule has 2 heterocycles. The fraction of sp³-hybridized carbons (Fsp3) is 0.348. The third-order valence-corrected chi connectivity index (χ3v) is 6.37. The molecule has 2 aromatic carbocycles. The van der Waals surface area contributed by atoms with Crippen molar-refractivity contribution in [2.24, 2.45) is 10.9 Å². The number of carbonyl (C=O) groups excluding carboxylic acids is 2. The first-order chi connectivity index (χ1) is 15.5. The van der Waals surface area contributed by atoms with Crippen molar-refractivity contribution in [2.75, 3.05) is 29.1 Å². The van der Waals surface area contributed by atoms with E-state index in [1.165, 1.54) is 11.8 Å². The highest BCUT2D eigenvalue weighted by molar-refractivity contribution is 8.14. The Morgan fingerprint density at radius 1 is 1.22 bits per heavy atom. The van der Waals surface area contributed by atoms with Crippen molar-refractivity contribution in [1.29, 1.82) is 0 Å². The SMILES string of the molecule is CCOc1ccc(N2C(=O)C3CNNC3N=C2SCC(=O)Nc2c(C)cccc2C)cc1. The quantitative estimate of drug-likeness (QED) is 0.623. The zero-order valence-electron chi connectivity index (χ0n) is 18.3. The maximum Gasteiger partial charge on any atom is 0.241 e. The summed E-state index contributed by atoms with van der Waals surface area (Å²) in [5.41, 5.74) is 9.59. The van der Waals surface area contributed by atoms with Gasteiger partial charge in [-0.15, -0.1) is 0 Å². The van der Waals surface area contributed by atoms with Crippen LogP contribution in [0.5, 0.6) is 5.75 Å². The summed E-state index contributed by atoms with van der Waals surface area (Å²) in [6.45, 7) is 6.93. The smallest absolute Gasteiger partial charge is 0.241 e. The maximum atomic E-state index is 13.3. The van der Waals surface area contributed by atoms with Crippen LogP contribution >= 0.6 is 11.8 Å². The van der Waals surface area contributed by atoms with E-state index in [2.05, 4.69) is 16.2 Å². The van der Waals surface area contributed by atoms with E-state index in [1.54, 1.807) is 4.90 Å². The molecular weight excluding hydrogens is 426 g/mol. The summed E-state index contributed by atoms with van der Waals surface area (Å²) < 4.78 is 5.51. The summed E-state index contributed by atoms with van der Waals surface area (Å²) in [6.07, 6.45) is -0.342. The van der Waals surface area contributed by atoms with Crippen LogP contribution in [0.25, 0.3) is 0 Å². The molecule has 8 nitrogen and oxygen atoms in total. The standard InChI is InChI=1S/C23H27N5O3S/c1-4-31-17-10-8-16(9-11-17)28-22(30)18-12-24-27-21(18)26-23(28)32-13-19(29)25-20-14(2)6-5-7-15(20)3/h5-11,18,21,24,27H,4,12-13H2,1-3H3,(H,25,29). The highest BCUT2D eigenvalue weighted by atomic mass is 32.2. The van der Waals surface area contributed by atoms with Crippen LogP contribution in [0.2, 0.25) is 0 Å². The third-order valence-electron chi connectivity index (χ3n) is 5.42. The molecule has 0 bridgehead atoms. The molecule has 2 aliphatic heterocycles. The molecule has 0 radical (unpaired) electrons. The Balaban J connectivity index is 1.52. The van der Waals surface area contributed by atoms with E-state index in [0.717, 1.165) is 22.6 Å². The molecule has 2 amide bonds. The Bertz CT molecular complexity index is 1020. The number of benzene rings is 2. The summed E-state index contributed by atoms with van der Waals surface area (Å²) in [4.78, 5) is 32.3. The van der Waals surface area contributed by atoms with Gasteiger partial charge >= 0.3 is 0 Å². The summed E-state index contributed by atoms with van der Waals surface area (Å²) >= 11 is 1.25. The van der Waals surface area contributed by atoms with Gasteiger partial charge < -0.3 is 10.1 Å². The molecule has 1 saturated heterocycles. The number of anilines is 2. The monoisotopic (exact) mass is 453 g/mol. The van der Waals surface area contributed by atoms with Gasteiger partial charge in [-0.2, -0.15) is 0 Å². The van der Waals surface area contributed by atoms with E-state index in [-0.39, 0.29) is 29.7 Å². The number of amides is 2. The number of amidine groups is 1. The van der Waals surface area contributed by atoms with Crippen LogP contribution in [-0.2, 0) is 9.59 Å². The van der Waals surface area contributed by atoms with Crippen molar-refractivity contribution >= 4 is 40.1 Å². The average molecular weight is 454 g/mol. The number of aryl methyl sites for hydroxylation is 2.